The maximum atomic E-state index is 4.58. The Kier molecular flexibility index (Phi) is 5.32. The van der Waals surface area contributed by atoms with E-state index in [2.05, 4.69) is 66.5 Å². The Bertz CT molecular complexity index is 1250. The second-order valence-corrected chi connectivity index (χ2v) is 9.28. The first-order valence-electron chi connectivity index (χ1n) is 11.9. The Morgan fingerprint density at radius 1 is 1.00 bits per heavy atom. The van der Waals surface area contributed by atoms with Gasteiger partial charge >= 0.3 is 0 Å². The molecule has 2 N–H and O–H groups in total. The van der Waals surface area contributed by atoms with Gasteiger partial charge in [0.1, 0.15) is 17.8 Å². The fourth-order valence-corrected chi connectivity index (χ4v) is 5.01. The molecule has 170 valence electrons. The summed E-state index contributed by atoms with van der Waals surface area (Å²) in [6, 6.07) is 8.71. The Morgan fingerprint density at radius 2 is 1.82 bits per heavy atom. The number of aromatic amines is 1. The summed E-state index contributed by atoms with van der Waals surface area (Å²) in [5, 5.41) is 9.17. The highest BCUT2D eigenvalue weighted by molar-refractivity contribution is 5.93. The molecule has 8 heteroatoms. The normalized spacial score (nSPS) is 17.4. The molecule has 4 aromatic rings. The van der Waals surface area contributed by atoms with Crippen molar-refractivity contribution < 1.29 is 0 Å². The van der Waals surface area contributed by atoms with Gasteiger partial charge in [-0.2, -0.15) is 5.10 Å². The highest BCUT2D eigenvalue weighted by Crippen LogP contribution is 2.33. The quantitative estimate of drug-likeness (QED) is 0.493. The lowest BCUT2D eigenvalue weighted by Gasteiger charge is -2.32. The first kappa shape index (κ1) is 20.4. The van der Waals surface area contributed by atoms with E-state index in [1.54, 1.807) is 6.33 Å². The highest BCUT2D eigenvalue weighted by Gasteiger charge is 2.19. The van der Waals surface area contributed by atoms with Crippen LogP contribution in [0.25, 0.3) is 16.7 Å². The number of rotatable bonds is 5. The Labute approximate surface area is 193 Å². The molecule has 0 bridgehead atoms. The number of nitrogens with one attached hydrogen (secondary N) is 2. The average Bonchev–Trinajstić information content (AvgIpc) is 3.46. The van der Waals surface area contributed by atoms with Crippen molar-refractivity contribution in [2.24, 2.45) is 0 Å². The number of hydrogen-bond donors (Lipinski definition) is 2. The second-order valence-electron chi connectivity index (χ2n) is 9.28. The molecule has 0 atom stereocenters. The molecule has 0 spiro atoms. The van der Waals surface area contributed by atoms with E-state index in [0.29, 0.717) is 0 Å². The van der Waals surface area contributed by atoms with Crippen LogP contribution < -0.4 is 5.32 Å². The fraction of sp³-hybridized carbons (Fsp3) is 0.400. The Hall–Kier alpha value is -3.23. The van der Waals surface area contributed by atoms with Crippen LogP contribution >= 0.6 is 0 Å². The van der Waals surface area contributed by atoms with Crippen molar-refractivity contribution in [2.45, 2.75) is 32.2 Å². The van der Waals surface area contributed by atoms with Crippen molar-refractivity contribution in [3.63, 3.8) is 0 Å². The van der Waals surface area contributed by atoms with Gasteiger partial charge in [0.15, 0.2) is 0 Å². The van der Waals surface area contributed by atoms with Crippen LogP contribution in [-0.2, 0) is 19.4 Å². The molecule has 0 radical (unpaired) electrons. The molecule has 1 fully saturated rings. The fourth-order valence-electron chi connectivity index (χ4n) is 5.01. The minimum atomic E-state index is 0.849. The van der Waals surface area contributed by atoms with Gasteiger partial charge in [-0.25, -0.2) is 14.6 Å². The van der Waals surface area contributed by atoms with Gasteiger partial charge in [0, 0.05) is 38.4 Å². The number of likely N-dealkylation sites (N-methyl/N-ethyl adjacent to an activating group) is 1. The summed E-state index contributed by atoms with van der Waals surface area (Å²) < 4.78 is 1.91. The van der Waals surface area contributed by atoms with E-state index >= 15 is 0 Å². The van der Waals surface area contributed by atoms with Crippen LogP contribution in [0.2, 0.25) is 0 Å². The van der Waals surface area contributed by atoms with Gasteiger partial charge in [0.25, 0.3) is 0 Å². The van der Waals surface area contributed by atoms with Gasteiger partial charge in [-0.1, -0.05) is 12.1 Å². The molecule has 1 saturated heterocycles. The zero-order chi connectivity index (χ0) is 22.2. The lowest BCUT2D eigenvalue weighted by atomic mass is 9.96. The standard InChI is InChI=1S/C25H30N8/c1-31-10-12-32(13-11-31)15-18-6-8-20(9-7-18)33-16-19(14-28-33)29-24-23-21-4-2-3-5-22(21)30-25(23)27-17-26-24/h6-9,14,16-17H,2-5,10-13,15H2,1H3,(H2,26,27,29,30). The molecular weight excluding hydrogens is 412 g/mol. The first-order valence-corrected chi connectivity index (χ1v) is 11.9. The summed E-state index contributed by atoms with van der Waals surface area (Å²) in [4.78, 5) is 17.4. The molecule has 1 aliphatic heterocycles. The summed E-state index contributed by atoms with van der Waals surface area (Å²) in [6.07, 6.45) is 10.1. The van der Waals surface area contributed by atoms with Gasteiger partial charge in [0.2, 0.25) is 0 Å². The third kappa shape index (κ3) is 4.12. The van der Waals surface area contributed by atoms with Crippen LogP contribution in [0.3, 0.4) is 0 Å². The molecule has 2 aliphatic rings. The Balaban J connectivity index is 1.18. The van der Waals surface area contributed by atoms with Crippen molar-refractivity contribution >= 4 is 22.5 Å². The molecule has 8 nitrogen and oxygen atoms in total. The molecule has 1 aromatic carbocycles. The number of benzene rings is 1. The van der Waals surface area contributed by atoms with Crippen LogP contribution in [0, 0.1) is 0 Å². The minimum Gasteiger partial charge on any atom is -0.343 e. The summed E-state index contributed by atoms with van der Waals surface area (Å²) in [5.74, 6) is 0.849. The number of piperazine rings is 1. The van der Waals surface area contributed by atoms with E-state index in [9.17, 15) is 0 Å². The molecule has 6 rings (SSSR count). The summed E-state index contributed by atoms with van der Waals surface area (Å²) >= 11 is 0. The molecule has 3 aromatic heterocycles. The number of H-pyrrole nitrogens is 1. The third-order valence-corrected chi connectivity index (χ3v) is 6.93. The monoisotopic (exact) mass is 442 g/mol. The first-order chi connectivity index (χ1) is 16.2. The third-order valence-electron chi connectivity index (χ3n) is 6.93. The molecule has 33 heavy (non-hydrogen) atoms. The van der Waals surface area contributed by atoms with Crippen molar-refractivity contribution in [1.82, 2.24) is 34.5 Å². The highest BCUT2D eigenvalue weighted by atomic mass is 15.3. The lowest BCUT2D eigenvalue weighted by Crippen LogP contribution is -2.43. The average molecular weight is 443 g/mol. The van der Waals surface area contributed by atoms with Crippen molar-refractivity contribution in [1.29, 1.82) is 0 Å². The van der Waals surface area contributed by atoms with Crippen LogP contribution in [0.5, 0.6) is 0 Å². The van der Waals surface area contributed by atoms with Crippen molar-refractivity contribution in [3.8, 4) is 5.69 Å². The Morgan fingerprint density at radius 3 is 2.67 bits per heavy atom. The zero-order valence-electron chi connectivity index (χ0n) is 19.1. The topological polar surface area (TPSA) is 77.9 Å². The van der Waals surface area contributed by atoms with Gasteiger partial charge < -0.3 is 15.2 Å². The molecule has 1 aliphatic carbocycles. The van der Waals surface area contributed by atoms with Crippen molar-refractivity contribution in [3.05, 3.63) is 59.8 Å². The van der Waals surface area contributed by atoms with Crippen LogP contribution in [-0.4, -0.2) is 67.8 Å². The second kappa shape index (κ2) is 8.61. The maximum Gasteiger partial charge on any atom is 0.143 e. The predicted molar refractivity (Wildman–Crippen MR) is 130 cm³/mol. The zero-order valence-corrected chi connectivity index (χ0v) is 19.1. The van der Waals surface area contributed by atoms with Gasteiger partial charge in [0.05, 0.1) is 29.2 Å². The molecule has 0 saturated carbocycles. The lowest BCUT2D eigenvalue weighted by molar-refractivity contribution is 0.148. The number of aryl methyl sites for hydroxylation is 2. The number of anilines is 2. The minimum absolute atomic E-state index is 0.849. The van der Waals surface area contributed by atoms with E-state index in [1.807, 2.05) is 17.1 Å². The maximum absolute atomic E-state index is 4.58. The van der Waals surface area contributed by atoms with Crippen LogP contribution in [0.1, 0.15) is 29.7 Å². The molecule has 0 amide bonds. The van der Waals surface area contributed by atoms with Crippen LogP contribution in [0.4, 0.5) is 11.5 Å². The number of nitrogens with zero attached hydrogens (tertiary/aromatic N) is 6. The van der Waals surface area contributed by atoms with E-state index in [1.165, 1.54) is 29.7 Å². The summed E-state index contributed by atoms with van der Waals surface area (Å²) in [5.41, 5.74) is 6.91. The smallest absolute Gasteiger partial charge is 0.143 e. The van der Waals surface area contributed by atoms with Gasteiger partial charge in [-0.3, -0.25) is 4.90 Å². The van der Waals surface area contributed by atoms with E-state index in [4.69, 9.17) is 0 Å². The van der Waals surface area contributed by atoms with Gasteiger partial charge in [-0.15, -0.1) is 0 Å². The van der Waals surface area contributed by atoms with Crippen LogP contribution in [0.15, 0.2) is 43.0 Å². The molecule has 0 unspecified atom stereocenters. The van der Waals surface area contributed by atoms with E-state index < -0.39 is 0 Å². The predicted octanol–water partition coefficient (Wildman–Crippen LogP) is 3.51. The van der Waals surface area contributed by atoms with Gasteiger partial charge in [-0.05, 0) is 56.0 Å². The number of hydrogen-bond acceptors (Lipinski definition) is 6. The largest absolute Gasteiger partial charge is 0.343 e. The molecular formula is C25H30N8. The molecule has 4 heterocycles. The number of aromatic nitrogens is 5. The van der Waals surface area contributed by atoms with E-state index in [-0.39, 0.29) is 0 Å². The summed E-state index contributed by atoms with van der Waals surface area (Å²) in [6.45, 7) is 5.56. The summed E-state index contributed by atoms with van der Waals surface area (Å²) in [7, 11) is 2.19. The van der Waals surface area contributed by atoms with Crippen molar-refractivity contribution in [2.75, 3.05) is 38.5 Å². The number of fused-ring (bicyclic) bond motifs is 3. The van der Waals surface area contributed by atoms with E-state index in [0.717, 1.165) is 73.8 Å². The SMILES string of the molecule is CN1CCN(Cc2ccc(-n3cc(Nc4ncnc5[nH]c6c(c45)CCCC6)cn3)cc2)CC1.